The summed E-state index contributed by atoms with van der Waals surface area (Å²) in [6.07, 6.45) is 5.15. The van der Waals surface area contributed by atoms with Crippen LogP contribution in [0, 0.1) is 5.92 Å². The number of hydrogen-bond donors (Lipinski definition) is 2. The highest BCUT2D eigenvalue weighted by molar-refractivity contribution is 7.80. The van der Waals surface area contributed by atoms with E-state index in [0.717, 1.165) is 11.0 Å². The van der Waals surface area contributed by atoms with E-state index in [1.54, 1.807) is 7.11 Å². The first-order chi connectivity index (χ1) is 7.61. The molecule has 4 heteroatoms. The van der Waals surface area contributed by atoms with Crippen LogP contribution in [-0.2, 0) is 4.74 Å². The molecule has 0 bridgehead atoms. The quantitative estimate of drug-likeness (QED) is 0.742. The standard InChI is InChI=1S/C12H24N2OS/c1-9-5-4-6-11(7-9)14-12(16)13-10(2)8-15-3/h9-11H,4-8H2,1-3H3,(H2,13,14,16). The van der Waals surface area contributed by atoms with Crippen molar-refractivity contribution in [2.75, 3.05) is 13.7 Å². The minimum atomic E-state index is 0.269. The number of methoxy groups -OCH3 is 1. The largest absolute Gasteiger partial charge is 0.383 e. The first-order valence-corrected chi connectivity index (χ1v) is 6.58. The summed E-state index contributed by atoms with van der Waals surface area (Å²) in [7, 11) is 1.71. The maximum Gasteiger partial charge on any atom is 0.166 e. The van der Waals surface area contributed by atoms with Gasteiger partial charge in [0, 0.05) is 19.2 Å². The molecule has 0 amide bonds. The average Bonchev–Trinajstić information content (AvgIpc) is 2.17. The van der Waals surface area contributed by atoms with Gasteiger partial charge in [-0.15, -0.1) is 0 Å². The van der Waals surface area contributed by atoms with Crippen LogP contribution in [0.1, 0.15) is 39.5 Å². The number of rotatable bonds is 4. The smallest absolute Gasteiger partial charge is 0.166 e. The van der Waals surface area contributed by atoms with Gasteiger partial charge in [-0.1, -0.05) is 19.8 Å². The summed E-state index contributed by atoms with van der Waals surface area (Å²) in [6, 6.07) is 0.824. The van der Waals surface area contributed by atoms with Crippen molar-refractivity contribution in [1.82, 2.24) is 10.6 Å². The number of ether oxygens (including phenoxy) is 1. The summed E-state index contributed by atoms with van der Waals surface area (Å²) in [4.78, 5) is 0. The maximum atomic E-state index is 5.29. The molecule has 1 saturated carbocycles. The Morgan fingerprint density at radius 2 is 2.25 bits per heavy atom. The lowest BCUT2D eigenvalue weighted by Crippen LogP contribution is -2.47. The summed E-state index contributed by atoms with van der Waals surface area (Å²) in [5.74, 6) is 0.824. The van der Waals surface area contributed by atoms with Crippen molar-refractivity contribution in [3.8, 4) is 0 Å². The van der Waals surface area contributed by atoms with E-state index in [1.807, 2.05) is 0 Å². The summed E-state index contributed by atoms with van der Waals surface area (Å²) in [6.45, 7) is 5.07. The Kier molecular flexibility index (Phi) is 6.06. The van der Waals surface area contributed by atoms with Crippen LogP contribution in [0.5, 0.6) is 0 Å². The minimum Gasteiger partial charge on any atom is -0.383 e. The fourth-order valence-electron chi connectivity index (χ4n) is 2.31. The maximum absolute atomic E-state index is 5.29. The molecular formula is C12H24N2OS. The molecule has 0 heterocycles. The van der Waals surface area contributed by atoms with E-state index in [-0.39, 0.29) is 6.04 Å². The second-order valence-corrected chi connectivity index (χ2v) is 5.35. The van der Waals surface area contributed by atoms with E-state index >= 15 is 0 Å². The molecule has 16 heavy (non-hydrogen) atoms. The highest BCUT2D eigenvalue weighted by atomic mass is 32.1. The molecule has 3 nitrogen and oxygen atoms in total. The van der Waals surface area contributed by atoms with Crippen LogP contribution in [0.2, 0.25) is 0 Å². The van der Waals surface area contributed by atoms with E-state index in [9.17, 15) is 0 Å². The Hall–Kier alpha value is -0.350. The van der Waals surface area contributed by atoms with Gasteiger partial charge in [-0.3, -0.25) is 0 Å². The Morgan fingerprint density at radius 1 is 1.50 bits per heavy atom. The lowest BCUT2D eigenvalue weighted by Gasteiger charge is -2.29. The van der Waals surface area contributed by atoms with Gasteiger partial charge in [0.25, 0.3) is 0 Å². The molecule has 94 valence electrons. The number of hydrogen-bond acceptors (Lipinski definition) is 2. The molecule has 1 aliphatic rings. The van der Waals surface area contributed by atoms with Crippen molar-refractivity contribution < 1.29 is 4.74 Å². The molecule has 3 unspecified atom stereocenters. The van der Waals surface area contributed by atoms with Gasteiger partial charge in [-0.05, 0) is 37.9 Å². The molecular weight excluding hydrogens is 220 g/mol. The molecule has 0 aromatic heterocycles. The summed E-state index contributed by atoms with van der Waals surface area (Å²) >= 11 is 5.29. The van der Waals surface area contributed by atoms with Crippen molar-refractivity contribution in [3.63, 3.8) is 0 Å². The molecule has 1 fully saturated rings. The van der Waals surface area contributed by atoms with Crippen molar-refractivity contribution in [1.29, 1.82) is 0 Å². The Balaban J connectivity index is 2.22. The van der Waals surface area contributed by atoms with Crippen LogP contribution in [0.15, 0.2) is 0 Å². The Morgan fingerprint density at radius 3 is 2.88 bits per heavy atom. The van der Waals surface area contributed by atoms with Crippen molar-refractivity contribution in [3.05, 3.63) is 0 Å². The second-order valence-electron chi connectivity index (χ2n) is 4.94. The third-order valence-corrected chi connectivity index (χ3v) is 3.30. The van der Waals surface area contributed by atoms with Gasteiger partial charge < -0.3 is 15.4 Å². The van der Waals surface area contributed by atoms with Crippen LogP contribution in [0.4, 0.5) is 0 Å². The van der Waals surface area contributed by atoms with Crippen molar-refractivity contribution >= 4 is 17.3 Å². The average molecular weight is 244 g/mol. The van der Waals surface area contributed by atoms with Gasteiger partial charge in [-0.25, -0.2) is 0 Å². The third-order valence-electron chi connectivity index (χ3n) is 3.07. The normalized spacial score (nSPS) is 27.2. The van der Waals surface area contributed by atoms with Gasteiger partial charge in [0.15, 0.2) is 5.11 Å². The van der Waals surface area contributed by atoms with Crippen molar-refractivity contribution in [2.24, 2.45) is 5.92 Å². The van der Waals surface area contributed by atoms with E-state index in [2.05, 4.69) is 24.5 Å². The highest BCUT2D eigenvalue weighted by Crippen LogP contribution is 2.23. The van der Waals surface area contributed by atoms with Crippen LogP contribution < -0.4 is 10.6 Å². The fraction of sp³-hybridized carbons (Fsp3) is 0.917. The monoisotopic (exact) mass is 244 g/mol. The molecule has 2 N–H and O–H groups in total. The van der Waals surface area contributed by atoms with Gasteiger partial charge in [-0.2, -0.15) is 0 Å². The Labute approximate surface area is 104 Å². The summed E-state index contributed by atoms with van der Waals surface area (Å²) in [5.41, 5.74) is 0. The fourth-order valence-corrected chi connectivity index (χ4v) is 2.68. The van der Waals surface area contributed by atoms with Crippen LogP contribution in [0.25, 0.3) is 0 Å². The Bertz CT molecular complexity index is 223. The van der Waals surface area contributed by atoms with Gasteiger partial charge >= 0.3 is 0 Å². The molecule has 0 radical (unpaired) electrons. The molecule has 0 aliphatic heterocycles. The van der Waals surface area contributed by atoms with Gasteiger partial charge in [0.1, 0.15) is 0 Å². The minimum absolute atomic E-state index is 0.269. The van der Waals surface area contributed by atoms with Crippen LogP contribution in [0.3, 0.4) is 0 Å². The van der Waals surface area contributed by atoms with Gasteiger partial charge in [0.2, 0.25) is 0 Å². The van der Waals surface area contributed by atoms with E-state index in [4.69, 9.17) is 17.0 Å². The SMILES string of the molecule is COCC(C)NC(=S)NC1CCCC(C)C1. The molecule has 0 saturated heterocycles. The topological polar surface area (TPSA) is 33.3 Å². The summed E-state index contributed by atoms with van der Waals surface area (Å²) in [5, 5.41) is 7.41. The van der Waals surface area contributed by atoms with E-state index in [1.165, 1.54) is 25.7 Å². The van der Waals surface area contributed by atoms with E-state index in [0.29, 0.717) is 12.6 Å². The molecule has 0 aromatic rings. The number of thiocarbonyl (C=S) groups is 1. The predicted molar refractivity (Wildman–Crippen MR) is 71.6 cm³/mol. The van der Waals surface area contributed by atoms with Crippen molar-refractivity contribution in [2.45, 2.75) is 51.6 Å². The lowest BCUT2D eigenvalue weighted by molar-refractivity contribution is 0.179. The van der Waals surface area contributed by atoms with E-state index < -0.39 is 0 Å². The second kappa shape index (κ2) is 7.07. The van der Waals surface area contributed by atoms with Crippen LogP contribution in [-0.4, -0.2) is 30.9 Å². The zero-order valence-electron chi connectivity index (χ0n) is 10.6. The van der Waals surface area contributed by atoms with Crippen LogP contribution >= 0.6 is 12.2 Å². The molecule has 1 aliphatic carbocycles. The first-order valence-electron chi connectivity index (χ1n) is 6.17. The first kappa shape index (κ1) is 13.7. The lowest BCUT2D eigenvalue weighted by atomic mass is 9.87. The molecule has 0 aromatic carbocycles. The zero-order valence-corrected chi connectivity index (χ0v) is 11.4. The summed E-state index contributed by atoms with van der Waals surface area (Å²) < 4.78 is 5.06. The molecule has 3 atom stereocenters. The number of nitrogens with one attached hydrogen (secondary N) is 2. The highest BCUT2D eigenvalue weighted by Gasteiger charge is 2.19. The van der Waals surface area contributed by atoms with Gasteiger partial charge in [0.05, 0.1) is 6.61 Å². The molecule has 1 rings (SSSR count). The predicted octanol–water partition coefficient (Wildman–Crippen LogP) is 2.06. The molecule has 0 spiro atoms. The third kappa shape index (κ3) is 5.12. The zero-order chi connectivity index (χ0) is 12.0.